The van der Waals surface area contributed by atoms with Gasteiger partial charge in [0.1, 0.15) is 0 Å². The number of hydrogen-bond donors (Lipinski definition) is 1. The van der Waals surface area contributed by atoms with Crippen molar-refractivity contribution in [3.8, 4) is 0 Å². The van der Waals surface area contributed by atoms with Crippen LogP contribution in [-0.2, 0) is 0 Å². The number of halogens is 1. The van der Waals surface area contributed by atoms with Crippen LogP contribution in [0, 0.1) is 5.92 Å². The van der Waals surface area contributed by atoms with Gasteiger partial charge in [-0.3, -0.25) is 0 Å². The first-order valence-electron chi connectivity index (χ1n) is 6.23. The van der Waals surface area contributed by atoms with Crippen molar-refractivity contribution < 1.29 is 0 Å². The first kappa shape index (κ1) is 14.9. The van der Waals surface area contributed by atoms with E-state index in [1.54, 1.807) is 0 Å². The van der Waals surface area contributed by atoms with E-state index in [9.17, 15) is 0 Å². The van der Waals surface area contributed by atoms with Gasteiger partial charge in [0.25, 0.3) is 0 Å². The molecule has 0 aromatic heterocycles. The molecule has 0 aliphatic heterocycles. The van der Waals surface area contributed by atoms with E-state index >= 15 is 0 Å². The highest BCUT2D eigenvalue weighted by molar-refractivity contribution is 7.99. The lowest BCUT2D eigenvalue weighted by Gasteiger charge is -2.23. The minimum atomic E-state index is 0.552. The molecule has 0 fully saturated rings. The zero-order chi connectivity index (χ0) is 12.7. The molecule has 0 aliphatic carbocycles. The van der Waals surface area contributed by atoms with Crippen LogP contribution in [0.4, 0.5) is 0 Å². The van der Waals surface area contributed by atoms with E-state index in [1.807, 2.05) is 37.0 Å². The fourth-order valence-corrected chi connectivity index (χ4v) is 3.46. The van der Waals surface area contributed by atoms with E-state index in [-0.39, 0.29) is 0 Å². The molecule has 3 heteroatoms. The van der Waals surface area contributed by atoms with Crippen molar-refractivity contribution in [2.45, 2.75) is 37.6 Å². The van der Waals surface area contributed by atoms with Crippen molar-refractivity contribution in [2.24, 2.45) is 5.92 Å². The van der Waals surface area contributed by atoms with Gasteiger partial charge in [0.05, 0.1) is 5.02 Å². The summed E-state index contributed by atoms with van der Waals surface area (Å²) in [4.78, 5) is 1.18. The Morgan fingerprint density at radius 3 is 2.65 bits per heavy atom. The Kier molecular flexibility index (Phi) is 7.02. The summed E-state index contributed by atoms with van der Waals surface area (Å²) in [5.41, 5.74) is 0. The fourth-order valence-electron chi connectivity index (χ4n) is 1.93. The molecule has 17 heavy (non-hydrogen) atoms. The topological polar surface area (TPSA) is 12.0 Å². The Hall–Kier alpha value is -0.180. The average molecular weight is 272 g/mol. The van der Waals surface area contributed by atoms with Crippen LogP contribution in [0.1, 0.15) is 26.7 Å². The number of rotatable bonds is 7. The predicted molar refractivity (Wildman–Crippen MR) is 79.1 cm³/mol. The first-order chi connectivity index (χ1) is 8.19. The van der Waals surface area contributed by atoms with E-state index in [0.717, 1.165) is 10.8 Å². The molecule has 96 valence electrons. The lowest BCUT2D eigenvalue weighted by atomic mass is 9.98. The molecule has 1 rings (SSSR count). The molecule has 1 N–H and O–H groups in total. The minimum absolute atomic E-state index is 0.552. The van der Waals surface area contributed by atoms with Crippen molar-refractivity contribution in [2.75, 3.05) is 12.8 Å². The van der Waals surface area contributed by atoms with Crippen LogP contribution in [-0.4, -0.2) is 18.8 Å². The van der Waals surface area contributed by atoms with Gasteiger partial charge >= 0.3 is 0 Å². The predicted octanol–water partition coefficient (Wildman–Crippen LogP) is 4.46. The molecule has 2 unspecified atom stereocenters. The molecule has 0 aliphatic rings. The highest BCUT2D eigenvalue weighted by Crippen LogP contribution is 2.28. The standard InChI is InChI=1S/C14H22ClNS/c1-4-7-11(2)13(16-3)10-17-14-9-6-5-8-12(14)15/h5-6,8-9,11,13,16H,4,7,10H2,1-3H3. The van der Waals surface area contributed by atoms with Gasteiger partial charge in [-0.25, -0.2) is 0 Å². The zero-order valence-electron chi connectivity index (χ0n) is 10.9. The Balaban J connectivity index is 2.50. The highest BCUT2D eigenvalue weighted by atomic mass is 35.5. The van der Waals surface area contributed by atoms with Crippen LogP contribution in [0.3, 0.4) is 0 Å². The summed E-state index contributed by atoms with van der Waals surface area (Å²) in [5, 5.41) is 4.27. The summed E-state index contributed by atoms with van der Waals surface area (Å²) in [6.45, 7) is 4.56. The van der Waals surface area contributed by atoms with Gasteiger partial charge in [0.15, 0.2) is 0 Å². The van der Waals surface area contributed by atoms with Gasteiger partial charge in [0, 0.05) is 16.7 Å². The average Bonchev–Trinajstić information content (AvgIpc) is 2.32. The van der Waals surface area contributed by atoms with Crippen LogP contribution >= 0.6 is 23.4 Å². The largest absolute Gasteiger partial charge is 0.316 e. The second kappa shape index (κ2) is 8.02. The number of thioether (sulfide) groups is 1. The lowest BCUT2D eigenvalue weighted by molar-refractivity contribution is 0.403. The molecule has 1 aromatic rings. The molecular weight excluding hydrogens is 250 g/mol. The molecule has 2 atom stereocenters. The van der Waals surface area contributed by atoms with Crippen molar-refractivity contribution in [1.82, 2.24) is 5.32 Å². The summed E-state index contributed by atoms with van der Waals surface area (Å²) < 4.78 is 0. The van der Waals surface area contributed by atoms with Crippen LogP contribution in [0.5, 0.6) is 0 Å². The van der Waals surface area contributed by atoms with Crippen molar-refractivity contribution in [3.63, 3.8) is 0 Å². The van der Waals surface area contributed by atoms with Gasteiger partial charge in [-0.2, -0.15) is 0 Å². The number of nitrogens with one attached hydrogen (secondary N) is 1. The zero-order valence-corrected chi connectivity index (χ0v) is 12.4. The van der Waals surface area contributed by atoms with Gasteiger partial charge in [-0.1, -0.05) is 44.0 Å². The van der Waals surface area contributed by atoms with E-state index in [0.29, 0.717) is 12.0 Å². The molecule has 0 radical (unpaired) electrons. The molecule has 1 aromatic carbocycles. The van der Waals surface area contributed by atoms with E-state index in [2.05, 4.69) is 25.2 Å². The van der Waals surface area contributed by atoms with Crippen molar-refractivity contribution in [3.05, 3.63) is 29.3 Å². The smallest absolute Gasteiger partial charge is 0.0541 e. The molecule has 1 nitrogen and oxygen atoms in total. The van der Waals surface area contributed by atoms with Crippen LogP contribution in [0.25, 0.3) is 0 Å². The first-order valence-corrected chi connectivity index (χ1v) is 7.60. The van der Waals surface area contributed by atoms with Gasteiger partial charge < -0.3 is 5.32 Å². The van der Waals surface area contributed by atoms with Crippen molar-refractivity contribution in [1.29, 1.82) is 0 Å². The third-order valence-electron chi connectivity index (χ3n) is 3.06. The Morgan fingerprint density at radius 2 is 2.06 bits per heavy atom. The maximum absolute atomic E-state index is 6.15. The molecule has 0 amide bonds. The molecule has 0 heterocycles. The molecule has 0 spiro atoms. The Bertz CT molecular complexity index is 330. The van der Waals surface area contributed by atoms with Crippen LogP contribution < -0.4 is 5.32 Å². The maximum atomic E-state index is 6.15. The van der Waals surface area contributed by atoms with E-state index in [4.69, 9.17) is 11.6 Å². The summed E-state index contributed by atoms with van der Waals surface area (Å²) in [6.07, 6.45) is 2.52. The summed E-state index contributed by atoms with van der Waals surface area (Å²) in [5.74, 6) is 1.78. The van der Waals surface area contributed by atoms with Crippen LogP contribution in [0.2, 0.25) is 5.02 Å². The van der Waals surface area contributed by atoms with Gasteiger partial charge in [-0.05, 0) is 31.5 Å². The minimum Gasteiger partial charge on any atom is -0.316 e. The Morgan fingerprint density at radius 1 is 1.35 bits per heavy atom. The molecular formula is C14H22ClNS. The van der Waals surface area contributed by atoms with Crippen LogP contribution in [0.15, 0.2) is 29.2 Å². The SMILES string of the molecule is CCCC(C)C(CSc1ccccc1Cl)NC. The third kappa shape index (κ3) is 4.90. The van der Waals surface area contributed by atoms with E-state index in [1.165, 1.54) is 17.7 Å². The number of benzene rings is 1. The highest BCUT2D eigenvalue weighted by Gasteiger charge is 2.15. The summed E-state index contributed by atoms with van der Waals surface area (Å²) in [6, 6.07) is 8.61. The normalized spacial score (nSPS) is 14.6. The maximum Gasteiger partial charge on any atom is 0.0541 e. The lowest BCUT2D eigenvalue weighted by Crippen LogP contribution is -2.34. The monoisotopic (exact) mass is 271 g/mol. The molecule has 0 saturated heterocycles. The fraction of sp³-hybridized carbons (Fsp3) is 0.571. The second-order valence-electron chi connectivity index (χ2n) is 4.40. The third-order valence-corrected chi connectivity index (χ3v) is 4.69. The molecule has 0 saturated carbocycles. The second-order valence-corrected chi connectivity index (χ2v) is 5.87. The quantitative estimate of drug-likeness (QED) is 0.735. The molecule has 0 bridgehead atoms. The summed E-state index contributed by atoms with van der Waals surface area (Å²) in [7, 11) is 2.05. The van der Waals surface area contributed by atoms with E-state index < -0.39 is 0 Å². The van der Waals surface area contributed by atoms with Gasteiger partial charge in [-0.15, -0.1) is 11.8 Å². The Labute approximate surface area is 114 Å². The van der Waals surface area contributed by atoms with Crippen molar-refractivity contribution >= 4 is 23.4 Å². The van der Waals surface area contributed by atoms with Gasteiger partial charge in [0.2, 0.25) is 0 Å². The summed E-state index contributed by atoms with van der Waals surface area (Å²) >= 11 is 7.99. The number of hydrogen-bond acceptors (Lipinski definition) is 2.